The zero-order valence-corrected chi connectivity index (χ0v) is 27.5. The molecule has 0 saturated carbocycles. The molecule has 0 atom stereocenters. The summed E-state index contributed by atoms with van der Waals surface area (Å²) in [5.74, 6) is 0. The fraction of sp³-hybridized carbons (Fsp3) is 0.286. The standard InChI is InChI=1S/C25H26N2.2C7H8.C3H8/c1-19-18-24(23-15-9-17-26-16-8-14-22(19)25(23)26)27(20-10-4-2-5-11-20)21-12-6-3-7-13-21;2*1-7-5-3-2-4-6-7;1-3-2/h2-7,10-13,18H,8-9,14-17H2,1H3;2*2-6H,1H3;3H2,1-2H3. The van der Waals surface area contributed by atoms with Gasteiger partial charge in [-0.15, -0.1) is 0 Å². The number of hydrogen-bond donors (Lipinski definition) is 0. The summed E-state index contributed by atoms with van der Waals surface area (Å²) in [5, 5.41) is 0. The van der Waals surface area contributed by atoms with Crippen molar-refractivity contribution in [3.63, 3.8) is 0 Å². The second-order valence-electron chi connectivity index (χ2n) is 11.7. The van der Waals surface area contributed by atoms with Crippen molar-refractivity contribution in [2.45, 2.75) is 66.7 Å². The third-order valence-electron chi connectivity index (χ3n) is 7.89. The highest BCUT2D eigenvalue weighted by Gasteiger charge is 2.29. The molecule has 0 saturated heterocycles. The van der Waals surface area contributed by atoms with E-state index in [9.17, 15) is 0 Å². The Morgan fingerprint density at radius 1 is 0.545 bits per heavy atom. The zero-order chi connectivity index (χ0) is 31.1. The van der Waals surface area contributed by atoms with Crippen LogP contribution >= 0.6 is 0 Å². The molecule has 0 aromatic heterocycles. The van der Waals surface area contributed by atoms with E-state index in [1.165, 1.54) is 84.5 Å². The fourth-order valence-corrected chi connectivity index (χ4v) is 5.89. The summed E-state index contributed by atoms with van der Waals surface area (Å²) < 4.78 is 0. The Morgan fingerprint density at radius 3 is 1.32 bits per heavy atom. The highest BCUT2D eigenvalue weighted by molar-refractivity contribution is 5.84. The van der Waals surface area contributed by atoms with Crippen molar-refractivity contribution in [3.8, 4) is 0 Å². The average Bonchev–Trinajstić information content (AvgIpc) is 3.06. The van der Waals surface area contributed by atoms with E-state index >= 15 is 0 Å². The van der Waals surface area contributed by atoms with Crippen LogP contribution in [-0.2, 0) is 12.8 Å². The molecular weight excluding hydrogens is 532 g/mol. The predicted molar refractivity (Wildman–Crippen MR) is 193 cm³/mol. The summed E-state index contributed by atoms with van der Waals surface area (Å²) in [7, 11) is 0. The third-order valence-corrected chi connectivity index (χ3v) is 7.89. The largest absolute Gasteiger partial charge is 0.371 e. The highest BCUT2D eigenvalue weighted by atomic mass is 15.2. The third kappa shape index (κ3) is 8.86. The summed E-state index contributed by atoms with van der Waals surface area (Å²) in [6.07, 6.45) is 6.18. The first-order chi connectivity index (χ1) is 21.5. The normalized spacial score (nSPS) is 12.6. The second kappa shape index (κ2) is 17.1. The number of anilines is 4. The minimum Gasteiger partial charge on any atom is -0.371 e. The van der Waals surface area contributed by atoms with Gasteiger partial charge in [0.25, 0.3) is 0 Å². The van der Waals surface area contributed by atoms with Crippen molar-refractivity contribution < 1.29 is 0 Å². The average molecular weight is 583 g/mol. The van der Waals surface area contributed by atoms with Crippen molar-refractivity contribution in [2.75, 3.05) is 22.9 Å². The SMILES string of the molecule is CCC.Cc1cc(N(c2ccccc2)c2ccccc2)c2c3c1CCCN3CCC2.Cc1ccccc1.Cc1ccccc1. The quantitative estimate of drug-likeness (QED) is 0.209. The Hall–Kier alpha value is -4.30. The topological polar surface area (TPSA) is 6.48 Å². The van der Waals surface area contributed by atoms with E-state index in [0.29, 0.717) is 0 Å². The lowest BCUT2D eigenvalue weighted by atomic mass is 9.87. The number of hydrogen-bond acceptors (Lipinski definition) is 2. The number of benzene rings is 5. The molecule has 228 valence electrons. The highest BCUT2D eigenvalue weighted by Crippen LogP contribution is 2.46. The summed E-state index contributed by atoms with van der Waals surface area (Å²) in [6.45, 7) is 13.1. The molecule has 5 aromatic carbocycles. The van der Waals surface area contributed by atoms with Gasteiger partial charge >= 0.3 is 0 Å². The van der Waals surface area contributed by atoms with Crippen LogP contribution in [0.4, 0.5) is 22.7 Å². The van der Waals surface area contributed by atoms with Gasteiger partial charge in [0.2, 0.25) is 0 Å². The van der Waals surface area contributed by atoms with Gasteiger partial charge in [0.15, 0.2) is 0 Å². The molecule has 2 aliphatic rings. The van der Waals surface area contributed by atoms with Gasteiger partial charge in [0.05, 0.1) is 5.69 Å². The number of rotatable bonds is 3. The van der Waals surface area contributed by atoms with E-state index in [4.69, 9.17) is 0 Å². The van der Waals surface area contributed by atoms with Crippen LogP contribution in [0.1, 0.15) is 60.9 Å². The van der Waals surface area contributed by atoms with Gasteiger partial charge in [0, 0.05) is 30.2 Å². The molecule has 0 N–H and O–H groups in total. The Labute approximate surface area is 267 Å². The second-order valence-corrected chi connectivity index (χ2v) is 11.7. The lowest BCUT2D eigenvalue weighted by Crippen LogP contribution is -2.35. The van der Waals surface area contributed by atoms with E-state index in [1.54, 1.807) is 11.3 Å². The van der Waals surface area contributed by atoms with Gasteiger partial charge in [-0.25, -0.2) is 0 Å². The van der Waals surface area contributed by atoms with Crippen molar-refractivity contribution in [2.24, 2.45) is 0 Å². The monoisotopic (exact) mass is 582 g/mol. The van der Waals surface area contributed by atoms with Gasteiger partial charge in [-0.05, 0) is 93.5 Å². The Bertz CT molecular complexity index is 1430. The van der Waals surface area contributed by atoms with Crippen LogP contribution in [0.25, 0.3) is 0 Å². The smallest absolute Gasteiger partial charge is 0.0517 e. The summed E-state index contributed by atoms with van der Waals surface area (Å²) >= 11 is 0. The van der Waals surface area contributed by atoms with Crippen molar-refractivity contribution >= 4 is 22.7 Å². The van der Waals surface area contributed by atoms with E-state index in [1.807, 2.05) is 36.4 Å². The molecule has 7 rings (SSSR count). The van der Waals surface area contributed by atoms with Crippen LogP contribution < -0.4 is 9.80 Å². The molecule has 0 fully saturated rings. The molecule has 2 heteroatoms. The minimum atomic E-state index is 1.17. The first kappa shape index (κ1) is 32.6. The van der Waals surface area contributed by atoms with Crippen LogP contribution in [0.2, 0.25) is 0 Å². The Balaban J connectivity index is 0.000000212. The molecule has 0 aliphatic carbocycles. The van der Waals surface area contributed by atoms with Crippen LogP contribution in [0, 0.1) is 20.8 Å². The number of para-hydroxylation sites is 2. The van der Waals surface area contributed by atoms with Crippen LogP contribution in [0.5, 0.6) is 0 Å². The Kier molecular flexibility index (Phi) is 12.7. The van der Waals surface area contributed by atoms with Crippen molar-refractivity contribution in [1.82, 2.24) is 0 Å². The lowest BCUT2D eigenvalue weighted by molar-refractivity contribution is 0.632. The van der Waals surface area contributed by atoms with E-state index < -0.39 is 0 Å². The molecule has 0 radical (unpaired) electrons. The van der Waals surface area contributed by atoms with Gasteiger partial charge in [0.1, 0.15) is 0 Å². The first-order valence-electron chi connectivity index (χ1n) is 16.4. The maximum Gasteiger partial charge on any atom is 0.0517 e. The van der Waals surface area contributed by atoms with Gasteiger partial charge < -0.3 is 9.80 Å². The van der Waals surface area contributed by atoms with Crippen LogP contribution in [0.3, 0.4) is 0 Å². The molecule has 0 unspecified atom stereocenters. The molecule has 0 bridgehead atoms. The fourth-order valence-electron chi connectivity index (χ4n) is 5.89. The molecule has 44 heavy (non-hydrogen) atoms. The summed E-state index contributed by atoms with van der Waals surface area (Å²) in [4.78, 5) is 5.09. The van der Waals surface area contributed by atoms with E-state index in [2.05, 4.69) is 135 Å². The van der Waals surface area contributed by atoms with Gasteiger partial charge in [-0.3, -0.25) is 0 Å². The predicted octanol–water partition coefficient (Wildman–Crippen LogP) is 11.6. The van der Waals surface area contributed by atoms with Crippen molar-refractivity contribution in [3.05, 3.63) is 155 Å². The summed E-state index contributed by atoms with van der Waals surface area (Å²) in [6, 6.07) is 44.5. The maximum absolute atomic E-state index is 2.64. The molecule has 0 amide bonds. The van der Waals surface area contributed by atoms with Crippen LogP contribution in [-0.4, -0.2) is 13.1 Å². The number of aryl methyl sites for hydroxylation is 3. The van der Waals surface area contributed by atoms with Crippen LogP contribution in [0.15, 0.2) is 127 Å². The first-order valence-corrected chi connectivity index (χ1v) is 16.4. The lowest BCUT2D eigenvalue weighted by Gasteiger charge is -2.40. The van der Waals surface area contributed by atoms with E-state index in [-0.39, 0.29) is 0 Å². The molecule has 5 aromatic rings. The Morgan fingerprint density at radius 2 is 0.932 bits per heavy atom. The summed E-state index contributed by atoms with van der Waals surface area (Å²) in [5.41, 5.74) is 12.6. The molecule has 2 heterocycles. The van der Waals surface area contributed by atoms with E-state index in [0.717, 1.165) is 0 Å². The molecule has 2 aliphatic heterocycles. The zero-order valence-electron chi connectivity index (χ0n) is 27.5. The molecular formula is C42H50N2. The van der Waals surface area contributed by atoms with Crippen molar-refractivity contribution in [1.29, 1.82) is 0 Å². The molecule has 0 spiro atoms. The van der Waals surface area contributed by atoms with Gasteiger partial charge in [-0.2, -0.15) is 0 Å². The minimum absolute atomic E-state index is 1.17. The number of nitrogens with zero attached hydrogens (tertiary/aromatic N) is 2. The van der Waals surface area contributed by atoms with Gasteiger partial charge in [-0.1, -0.05) is 128 Å². The molecule has 2 nitrogen and oxygen atoms in total. The maximum atomic E-state index is 2.64.